The fraction of sp³-hybridized carbons (Fsp3) is 0.857. The van der Waals surface area contributed by atoms with Crippen LogP contribution in [0.3, 0.4) is 0 Å². The molecule has 0 aromatic heterocycles. The summed E-state index contributed by atoms with van der Waals surface area (Å²) < 4.78 is 5.37. The molecule has 0 aliphatic carbocycles. The monoisotopic (exact) mass is 256 g/mol. The number of unbranched alkanes of at least 4 members (excludes halogenated alkanes) is 1. The van der Waals surface area contributed by atoms with E-state index in [4.69, 9.17) is 0 Å². The molecule has 0 rings (SSSR count). The lowest BCUT2D eigenvalue weighted by atomic mass is 10.4. The Hall–Kier alpha value is -0.123. The Labute approximate surface area is 110 Å². The van der Waals surface area contributed by atoms with Gasteiger partial charge in [0, 0.05) is 0 Å². The van der Waals surface area contributed by atoms with Crippen LogP contribution in [0.2, 0.25) is 6.04 Å². The van der Waals surface area contributed by atoms with Crippen LogP contribution in [0.25, 0.3) is 0 Å². The average molecular weight is 257 g/mol. The van der Waals surface area contributed by atoms with E-state index in [-0.39, 0.29) is 0 Å². The third-order valence-electron chi connectivity index (χ3n) is 3.85. The van der Waals surface area contributed by atoms with Crippen LogP contribution in [0.5, 0.6) is 0 Å². The minimum atomic E-state index is -1.62. The molecule has 0 atom stereocenters. The van der Waals surface area contributed by atoms with Crippen LogP contribution in [0, 0.1) is 0 Å². The van der Waals surface area contributed by atoms with Crippen molar-refractivity contribution in [2.45, 2.75) is 53.5 Å². The lowest BCUT2D eigenvalue weighted by Gasteiger charge is -2.46. The summed E-state index contributed by atoms with van der Waals surface area (Å²) in [5.41, 5.74) is 2.31. The van der Waals surface area contributed by atoms with E-state index >= 15 is 0 Å². The van der Waals surface area contributed by atoms with E-state index in [2.05, 4.69) is 56.0 Å². The first-order chi connectivity index (χ1) is 8.16. The second-order valence-corrected chi connectivity index (χ2v) is 8.46. The maximum Gasteiger partial charge on any atom is 0.231 e. The predicted octanol–water partition coefficient (Wildman–Crippen LogP) is 3.64. The molecule has 0 saturated carbocycles. The van der Waals surface area contributed by atoms with E-state index in [1.165, 1.54) is 18.9 Å². The van der Waals surface area contributed by atoms with Gasteiger partial charge in [-0.2, -0.15) is 0 Å². The van der Waals surface area contributed by atoms with Gasteiger partial charge in [0.05, 0.1) is 0 Å². The zero-order valence-corrected chi connectivity index (χ0v) is 13.6. The highest BCUT2D eigenvalue weighted by molar-refractivity contribution is 6.79. The molecule has 0 heterocycles. The Bertz CT molecular complexity index is 186. The maximum absolute atomic E-state index is 4.20. The van der Waals surface area contributed by atoms with Crippen LogP contribution >= 0.6 is 0 Å². The smallest absolute Gasteiger partial charge is 0.231 e. The number of nitrogens with zero attached hydrogens (tertiary/aromatic N) is 2. The lowest BCUT2D eigenvalue weighted by molar-refractivity contribution is 0.357. The Morgan fingerprint density at radius 1 is 0.882 bits per heavy atom. The number of rotatable bonds is 10. The molecule has 102 valence electrons. The van der Waals surface area contributed by atoms with Crippen molar-refractivity contribution in [3.05, 3.63) is 12.3 Å². The van der Waals surface area contributed by atoms with Gasteiger partial charge in [-0.15, -0.1) is 6.58 Å². The van der Waals surface area contributed by atoms with Crippen molar-refractivity contribution < 1.29 is 0 Å². The zero-order valence-electron chi connectivity index (χ0n) is 12.6. The third-order valence-corrected chi connectivity index (χ3v) is 9.05. The minimum absolute atomic E-state index is 1.15. The molecule has 0 spiro atoms. The summed E-state index contributed by atoms with van der Waals surface area (Å²) in [5, 5.41) is 0. The highest BCUT2D eigenvalue weighted by Gasteiger charge is 2.39. The fourth-order valence-electron chi connectivity index (χ4n) is 2.86. The molecule has 0 aliphatic rings. The Balaban J connectivity index is 5.16. The fourth-order valence-corrected chi connectivity index (χ4v) is 7.67. The van der Waals surface area contributed by atoms with Gasteiger partial charge in [0.15, 0.2) is 0 Å². The third kappa shape index (κ3) is 3.93. The molecule has 2 nitrogen and oxygen atoms in total. The molecular formula is C14H32N2Si. The van der Waals surface area contributed by atoms with Gasteiger partial charge in [0.2, 0.25) is 8.40 Å². The second kappa shape index (κ2) is 8.89. The molecule has 0 aromatic rings. The predicted molar refractivity (Wildman–Crippen MR) is 81.5 cm³/mol. The molecule has 0 radical (unpaired) electrons. The Morgan fingerprint density at radius 2 is 1.29 bits per heavy atom. The van der Waals surface area contributed by atoms with Crippen molar-refractivity contribution in [3.63, 3.8) is 0 Å². The second-order valence-electron chi connectivity index (χ2n) is 4.53. The van der Waals surface area contributed by atoms with Gasteiger partial charge in [-0.05, 0) is 32.2 Å². The molecule has 0 aliphatic heterocycles. The SMILES string of the molecule is C=C[Si](CCCC)(N(CC)CC)N(CC)CC. The summed E-state index contributed by atoms with van der Waals surface area (Å²) in [5.74, 6) is 0. The van der Waals surface area contributed by atoms with Gasteiger partial charge in [-0.25, -0.2) is 0 Å². The topological polar surface area (TPSA) is 6.48 Å². The molecule has 0 unspecified atom stereocenters. The summed E-state index contributed by atoms with van der Waals surface area (Å²) in [6.07, 6.45) is 2.61. The molecule has 0 amide bonds. The molecule has 0 aromatic carbocycles. The van der Waals surface area contributed by atoms with Crippen LogP contribution in [0.1, 0.15) is 47.5 Å². The van der Waals surface area contributed by atoms with E-state index in [9.17, 15) is 0 Å². The van der Waals surface area contributed by atoms with Crippen molar-refractivity contribution in [1.82, 2.24) is 9.13 Å². The first-order valence-electron chi connectivity index (χ1n) is 7.30. The first-order valence-corrected chi connectivity index (χ1v) is 9.48. The van der Waals surface area contributed by atoms with E-state index in [1.807, 2.05) is 0 Å². The van der Waals surface area contributed by atoms with Gasteiger partial charge >= 0.3 is 0 Å². The lowest BCUT2D eigenvalue weighted by Crippen LogP contribution is -2.64. The highest BCUT2D eigenvalue weighted by Crippen LogP contribution is 2.24. The summed E-state index contributed by atoms with van der Waals surface area (Å²) >= 11 is 0. The molecule has 0 saturated heterocycles. The zero-order chi connectivity index (χ0) is 13.3. The van der Waals surface area contributed by atoms with Gasteiger partial charge in [-0.3, -0.25) is 0 Å². The normalized spacial score (nSPS) is 12.4. The van der Waals surface area contributed by atoms with Crippen LogP contribution in [-0.4, -0.2) is 43.7 Å². The van der Waals surface area contributed by atoms with E-state index in [1.54, 1.807) is 0 Å². The Morgan fingerprint density at radius 3 is 1.53 bits per heavy atom. The summed E-state index contributed by atoms with van der Waals surface area (Å²) in [6.45, 7) is 20.2. The molecule has 17 heavy (non-hydrogen) atoms. The van der Waals surface area contributed by atoms with Crippen molar-refractivity contribution >= 4 is 8.40 Å². The summed E-state index contributed by atoms with van der Waals surface area (Å²) in [7, 11) is -1.62. The van der Waals surface area contributed by atoms with Crippen molar-refractivity contribution in [2.24, 2.45) is 0 Å². The van der Waals surface area contributed by atoms with Gasteiger partial charge < -0.3 is 9.13 Å². The molecular weight excluding hydrogens is 224 g/mol. The van der Waals surface area contributed by atoms with Crippen LogP contribution in [0.4, 0.5) is 0 Å². The van der Waals surface area contributed by atoms with Crippen molar-refractivity contribution in [1.29, 1.82) is 0 Å². The van der Waals surface area contributed by atoms with Gasteiger partial charge in [-0.1, -0.05) is 53.2 Å². The summed E-state index contributed by atoms with van der Waals surface area (Å²) in [4.78, 5) is 0. The van der Waals surface area contributed by atoms with E-state index in [0.29, 0.717) is 0 Å². The Kier molecular flexibility index (Phi) is 8.83. The van der Waals surface area contributed by atoms with Gasteiger partial charge in [0.25, 0.3) is 0 Å². The standard InChI is InChI=1S/C14H32N2Si/c1-7-13-14-17(12-6,15(8-2)9-3)16(10-4)11-5/h12H,6-11,13-14H2,1-5H3. The van der Waals surface area contributed by atoms with Gasteiger partial charge in [0.1, 0.15) is 0 Å². The highest BCUT2D eigenvalue weighted by atomic mass is 28.3. The molecule has 0 bridgehead atoms. The number of hydrogen-bond acceptors (Lipinski definition) is 2. The number of hydrogen-bond donors (Lipinski definition) is 0. The minimum Gasteiger partial charge on any atom is -0.309 e. The molecule has 0 fully saturated rings. The first kappa shape index (κ1) is 16.9. The van der Waals surface area contributed by atoms with E-state index in [0.717, 1.165) is 26.2 Å². The quantitative estimate of drug-likeness (QED) is 0.551. The van der Waals surface area contributed by atoms with Crippen LogP contribution in [0.15, 0.2) is 12.3 Å². The molecule has 0 N–H and O–H groups in total. The summed E-state index contributed by atoms with van der Waals surface area (Å²) in [6, 6.07) is 1.33. The van der Waals surface area contributed by atoms with E-state index < -0.39 is 8.40 Å². The van der Waals surface area contributed by atoms with Crippen LogP contribution < -0.4 is 0 Å². The maximum atomic E-state index is 4.20. The van der Waals surface area contributed by atoms with Crippen molar-refractivity contribution in [2.75, 3.05) is 26.2 Å². The van der Waals surface area contributed by atoms with Crippen molar-refractivity contribution in [3.8, 4) is 0 Å². The average Bonchev–Trinajstić information content (AvgIpc) is 2.37. The van der Waals surface area contributed by atoms with Crippen LogP contribution in [-0.2, 0) is 0 Å². The largest absolute Gasteiger partial charge is 0.309 e. The molecule has 3 heteroatoms.